The number of benzene rings is 3. The highest BCUT2D eigenvalue weighted by atomic mass is 79.9. The number of urea groups is 1. The highest BCUT2D eigenvalue weighted by molar-refractivity contribution is 9.10. The number of carbonyl (C=O) groups is 3. The molecule has 3 aromatic rings. The van der Waals surface area contributed by atoms with Crippen LogP contribution in [0.25, 0.3) is 16.8 Å². The number of methoxy groups -OCH3 is 1. The third-order valence-corrected chi connectivity index (χ3v) is 6.09. The summed E-state index contributed by atoms with van der Waals surface area (Å²) in [5, 5.41) is 4.73. The SMILES string of the molecule is CCOc1cc(/C=C2/NC(=O)N(CC(=O)OC)C2=O)c(Br)cc1OCc1cccc2ccccc12. The van der Waals surface area contributed by atoms with Crippen molar-refractivity contribution in [2.75, 3.05) is 20.3 Å². The molecule has 4 rings (SSSR count). The molecular weight excluding hydrogens is 516 g/mol. The number of nitrogens with zero attached hydrogens (tertiary/aromatic N) is 1. The Bertz CT molecular complexity index is 1330. The minimum atomic E-state index is -0.692. The summed E-state index contributed by atoms with van der Waals surface area (Å²) in [7, 11) is 1.19. The van der Waals surface area contributed by atoms with Gasteiger partial charge in [0.05, 0.1) is 13.7 Å². The second kappa shape index (κ2) is 10.6. The third kappa shape index (κ3) is 5.30. The van der Waals surface area contributed by atoms with E-state index < -0.39 is 24.5 Å². The summed E-state index contributed by atoms with van der Waals surface area (Å²) in [6.45, 7) is 2.14. The zero-order chi connectivity index (χ0) is 24.9. The molecule has 0 saturated carbocycles. The second-order valence-corrected chi connectivity index (χ2v) is 8.49. The first-order valence-corrected chi connectivity index (χ1v) is 11.7. The van der Waals surface area contributed by atoms with E-state index in [9.17, 15) is 14.4 Å². The van der Waals surface area contributed by atoms with Gasteiger partial charge in [0.15, 0.2) is 11.5 Å². The Labute approximate surface area is 210 Å². The van der Waals surface area contributed by atoms with E-state index in [1.807, 2.05) is 31.2 Å². The molecule has 1 aliphatic heterocycles. The van der Waals surface area contributed by atoms with Gasteiger partial charge < -0.3 is 19.5 Å². The van der Waals surface area contributed by atoms with E-state index in [1.165, 1.54) is 13.2 Å². The lowest BCUT2D eigenvalue weighted by Crippen LogP contribution is -2.36. The van der Waals surface area contributed by atoms with E-state index in [0.29, 0.717) is 34.7 Å². The minimum absolute atomic E-state index is 0.0338. The van der Waals surface area contributed by atoms with Crippen molar-refractivity contribution in [3.8, 4) is 11.5 Å². The highest BCUT2D eigenvalue weighted by Gasteiger charge is 2.35. The lowest BCUT2D eigenvalue weighted by molar-refractivity contribution is -0.143. The van der Waals surface area contributed by atoms with Crippen LogP contribution in [0.3, 0.4) is 0 Å². The number of fused-ring (bicyclic) bond motifs is 1. The smallest absolute Gasteiger partial charge is 0.329 e. The summed E-state index contributed by atoms with van der Waals surface area (Å²) in [5.74, 6) is -0.294. The summed E-state index contributed by atoms with van der Waals surface area (Å²) in [6, 6.07) is 17.0. The summed E-state index contributed by atoms with van der Waals surface area (Å²) in [6.07, 6.45) is 1.51. The van der Waals surface area contributed by atoms with Gasteiger partial charge in [-0.05, 0) is 47.0 Å². The number of esters is 1. The fraction of sp³-hybridized carbons (Fsp3) is 0.192. The molecule has 0 spiro atoms. The fourth-order valence-corrected chi connectivity index (χ4v) is 4.12. The second-order valence-electron chi connectivity index (χ2n) is 7.64. The maximum absolute atomic E-state index is 12.6. The van der Waals surface area contributed by atoms with Crippen molar-refractivity contribution in [2.45, 2.75) is 13.5 Å². The number of carbonyl (C=O) groups excluding carboxylic acids is 3. The number of rotatable bonds is 8. The Morgan fingerprint density at radius 3 is 2.57 bits per heavy atom. The molecule has 0 unspecified atom stereocenters. The number of amides is 3. The third-order valence-electron chi connectivity index (χ3n) is 5.40. The van der Waals surface area contributed by atoms with Crippen molar-refractivity contribution in [3.05, 3.63) is 75.9 Å². The van der Waals surface area contributed by atoms with Crippen molar-refractivity contribution < 1.29 is 28.6 Å². The standard InChI is InChI=1S/C26H23BrN2O6/c1-3-34-22-12-18(11-21-25(31)29(26(32)28-21)14-24(30)33-2)20(27)13-23(22)35-15-17-9-6-8-16-7-4-5-10-19(16)17/h4-13H,3,14-15H2,1-2H3,(H,28,32)/b21-11+. The van der Waals surface area contributed by atoms with Crippen LogP contribution in [0.15, 0.2) is 64.8 Å². The minimum Gasteiger partial charge on any atom is -0.490 e. The Balaban J connectivity index is 1.59. The van der Waals surface area contributed by atoms with Gasteiger partial charge in [-0.1, -0.05) is 58.4 Å². The van der Waals surface area contributed by atoms with Gasteiger partial charge in [0.2, 0.25) is 0 Å². The first kappa shape index (κ1) is 24.3. The molecule has 9 heteroatoms. The van der Waals surface area contributed by atoms with Gasteiger partial charge in [-0.3, -0.25) is 9.59 Å². The van der Waals surface area contributed by atoms with Gasteiger partial charge in [-0.2, -0.15) is 0 Å². The fourth-order valence-electron chi connectivity index (χ4n) is 3.68. The van der Waals surface area contributed by atoms with Gasteiger partial charge in [-0.25, -0.2) is 9.69 Å². The topological polar surface area (TPSA) is 94.2 Å². The molecule has 1 N–H and O–H groups in total. The lowest BCUT2D eigenvalue weighted by Gasteiger charge is -2.15. The molecule has 35 heavy (non-hydrogen) atoms. The van der Waals surface area contributed by atoms with Crippen LogP contribution in [0.5, 0.6) is 11.5 Å². The number of imide groups is 1. The largest absolute Gasteiger partial charge is 0.490 e. The molecule has 1 fully saturated rings. The zero-order valence-corrected chi connectivity index (χ0v) is 20.8. The number of halogens is 1. The van der Waals surface area contributed by atoms with Crippen LogP contribution < -0.4 is 14.8 Å². The summed E-state index contributed by atoms with van der Waals surface area (Å²) in [5.41, 5.74) is 1.67. The molecule has 3 aromatic carbocycles. The molecule has 180 valence electrons. The van der Waals surface area contributed by atoms with Crippen LogP contribution >= 0.6 is 15.9 Å². The van der Waals surface area contributed by atoms with Gasteiger partial charge in [0.1, 0.15) is 18.8 Å². The van der Waals surface area contributed by atoms with Gasteiger partial charge in [0, 0.05) is 4.47 Å². The van der Waals surface area contributed by atoms with E-state index in [4.69, 9.17) is 9.47 Å². The van der Waals surface area contributed by atoms with Crippen LogP contribution in [0.2, 0.25) is 0 Å². The molecule has 0 aromatic heterocycles. The average Bonchev–Trinajstić information content (AvgIpc) is 3.12. The van der Waals surface area contributed by atoms with Crippen molar-refractivity contribution >= 4 is 50.7 Å². The molecule has 1 saturated heterocycles. The van der Waals surface area contributed by atoms with Crippen molar-refractivity contribution in [1.82, 2.24) is 10.2 Å². The zero-order valence-electron chi connectivity index (χ0n) is 19.2. The van der Waals surface area contributed by atoms with E-state index in [0.717, 1.165) is 21.2 Å². The summed E-state index contributed by atoms with van der Waals surface area (Å²) >= 11 is 3.52. The molecule has 3 amide bonds. The molecule has 1 heterocycles. The van der Waals surface area contributed by atoms with Crippen LogP contribution in [-0.4, -0.2) is 43.1 Å². The van der Waals surface area contributed by atoms with Crippen LogP contribution in [0.4, 0.5) is 4.79 Å². The van der Waals surface area contributed by atoms with Crippen LogP contribution in [0, 0.1) is 0 Å². The highest BCUT2D eigenvalue weighted by Crippen LogP contribution is 2.36. The normalized spacial score (nSPS) is 14.4. The van der Waals surface area contributed by atoms with Gasteiger partial charge in [-0.15, -0.1) is 0 Å². The van der Waals surface area contributed by atoms with Crippen molar-refractivity contribution in [3.63, 3.8) is 0 Å². The molecule has 0 radical (unpaired) electrons. The monoisotopic (exact) mass is 538 g/mol. The molecule has 0 aliphatic carbocycles. The van der Waals surface area contributed by atoms with E-state index in [2.05, 4.69) is 44.2 Å². The van der Waals surface area contributed by atoms with E-state index in [1.54, 1.807) is 12.1 Å². The predicted octanol–water partition coefficient (Wildman–Crippen LogP) is 4.65. The number of ether oxygens (including phenoxy) is 3. The van der Waals surface area contributed by atoms with E-state index in [-0.39, 0.29) is 5.70 Å². The molecule has 8 nitrogen and oxygen atoms in total. The first-order valence-electron chi connectivity index (χ1n) is 10.9. The Morgan fingerprint density at radius 1 is 1.06 bits per heavy atom. The van der Waals surface area contributed by atoms with Crippen LogP contribution in [0.1, 0.15) is 18.1 Å². The summed E-state index contributed by atoms with van der Waals surface area (Å²) in [4.78, 5) is 37.1. The first-order chi connectivity index (χ1) is 16.9. The summed E-state index contributed by atoms with van der Waals surface area (Å²) < 4.78 is 17.1. The maximum Gasteiger partial charge on any atom is 0.329 e. The number of hydrogen-bond acceptors (Lipinski definition) is 6. The Kier molecular flexibility index (Phi) is 7.36. The van der Waals surface area contributed by atoms with Gasteiger partial charge in [0.25, 0.3) is 5.91 Å². The quantitative estimate of drug-likeness (QED) is 0.255. The lowest BCUT2D eigenvalue weighted by atomic mass is 10.1. The van der Waals surface area contributed by atoms with Crippen molar-refractivity contribution in [1.29, 1.82) is 0 Å². The molecule has 1 aliphatic rings. The van der Waals surface area contributed by atoms with Crippen LogP contribution in [-0.2, 0) is 20.9 Å². The maximum atomic E-state index is 12.6. The number of nitrogens with one attached hydrogen (secondary N) is 1. The predicted molar refractivity (Wildman–Crippen MR) is 134 cm³/mol. The Hall–Kier alpha value is -3.85. The molecule has 0 atom stereocenters. The van der Waals surface area contributed by atoms with Gasteiger partial charge >= 0.3 is 12.0 Å². The average molecular weight is 539 g/mol. The molecule has 0 bridgehead atoms. The number of hydrogen-bond donors (Lipinski definition) is 1. The van der Waals surface area contributed by atoms with Crippen molar-refractivity contribution in [2.24, 2.45) is 0 Å². The molecular formula is C26H23BrN2O6. The van der Waals surface area contributed by atoms with E-state index >= 15 is 0 Å². The Morgan fingerprint density at radius 2 is 1.80 bits per heavy atom.